The first-order chi connectivity index (χ1) is 3.93. The smallest absolute Gasteiger partial charge is 0.0914 e. The predicted molar refractivity (Wildman–Crippen MR) is 35.3 cm³/mol. The summed E-state index contributed by atoms with van der Waals surface area (Å²) in [5.74, 6) is 1.63. The van der Waals surface area contributed by atoms with Crippen LogP contribution >= 0.6 is 0 Å². The van der Waals surface area contributed by atoms with E-state index in [1.165, 1.54) is 25.9 Å². The average molecular weight is 111 g/mol. The lowest BCUT2D eigenvalue weighted by Crippen LogP contribution is -2.26. The summed E-state index contributed by atoms with van der Waals surface area (Å²) in [6.45, 7) is 6.19. The van der Waals surface area contributed by atoms with Crippen LogP contribution < -0.4 is 5.32 Å². The van der Waals surface area contributed by atoms with Gasteiger partial charge in [0.2, 0.25) is 0 Å². The third-order valence-corrected chi connectivity index (χ3v) is 1.66. The van der Waals surface area contributed by atoms with E-state index < -0.39 is 0 Å². The summed E-state index contributed by atoms with van der Waals surface area (Å²) in [7, 11) is 0. The molecule has 0 aromatic rings. The molecule has 1 radical (unpaired) electrons. The van der Waals surface area contributed by atoms with E-state index in [1.807, 2.05) is 0 Å². The monoisotopic (exact) mass is 111 g/mol. The van der Waals surface area contributed by atoms with E-state index in [2.05, 4.69) is 12.2 Å². The van der Waals surface area contributed by atoms with Crippen LogP contribution in [0.15, 0.2) is 0 Å². The van der Waals surface area contributed by atoms with Gasteiger partial charge in [-0.15, -0.1) is 0 Å². The minimum atomic E-state index is 1.04. The largest absolute Gasteiger partial charge is 0.317 e. The quantitative estimate of drug-likeness (QED) is 0.501. The van der Waals surface area contributed by atoms with E-state index in [0.717, 1.165) is 6.42 Å². The Morgan fingerprint density at radius 2 is 2.00 bits per heavy atom. The van der Waals surface area contributed by atoms with Crippen molar-refractivity contribution in [1.82, 2.24) is 5.32 Å². The molecule has 0 aromatic heterocycles. The summed E-state index contributed by atoms with van der Waals surface area (Å²) < 4.78 is 0. The van der Waals surface area contributed by atoms with E-state index in [0.29, 0.717) is 0 Å². The first-order valence-electron chi connectivity index (χ1n) is 3.27. The molecule has 0 amide bonds. The highest BCUT2D eigenvalue weighted by molar-refractivity contribution is 4.94. The molecule has 1 rings (SSSR count). The van der Waals surface area contributed by atoms with Crippen molar-refractivity contribution < 1.29 is 0 Å². The maximum Gasteiger partial charge on any atom is 0.0914 e. The topological polar surface area (TPSA) is 12.0 Å². The van der Waals surface area contributed by atoms with Crippen LogP contribution in [0.4, 0.5) is 0 Å². The summed E-state index contributed by atoms with van der Waals surface area (Å²) in [6.07, 6.45) is 3.55. The van der Waals surface area contributed by atoms with Gasteiger partial charge in [0.15, 0.2) is 0 Å². The van der Waals surface area contributed by atoms with Gasteiger partial charge in [-0.2, -0.15) is 0 Å². The van der Waals surface area contributed by atoms with Gasteiger partial charge in [0.1, 0.15) is 0 Å². The lowest BCUT2D eigenvalue weighted by molar-refractivity contribution is 0.537. The van der Waals surface area contributed by atoms with Crippen molar-refractivity contribution in [1.29, 1.82) is 0 Å². The fourth-order valence-electron chi connectivity index (χ4n) is 1.03. The highest BCUT2D eigenvalue weighted by atomic mass is 14.9. The maximum absolute atomic E-state index is 3.84. The van der Waals surface area contributed by atoms with Crippen LogP contribution in [0.25, 0.3) is 0 Å². The Morgan fingerprint density at radius 3 is 2.38 bits per heavy atom. The summed E-state index contributed by atoms with van der Waals surface area (Å²) in [6, 6.07) is 0. The van der Waals surface area contributed by atoms with Crippen LogP contribution in [-0.4, -0.2) is 13.1 Å². The summed E-state index contributed by atoms with van der Waals surface area (Å²) in [4.78, 5) is 0. The molecule has 0 aromatic carbocycles. The van der Waals surface area contributed by atoms with Crippen LogP contribution in [-0.2, 0) is 0 Å². The molecule has 1 heteroatoms. The molecule has 1 heterocycles. The Labute approximate surface area is 51.5 Å². The van der Waals surface area contributed by atoms with Gasteiger partial charge in [0, 0.05) is 5.92 Å². The van der Waals surface area contributed by atoms with Crippen molar-refractivity contribution in [2.75, 3.05) is 13.1 Å². The molecule has 1 saturated heterocycles. The number of hydrogen-bond donors (Lipinski definition) is 1. The summed E-state index contributed by atoms with van der Waals surface area (Å²) in [5, 5.41) is 3.30. The molecule has 1 aliphatic rings. The van der Waals surface area contributed by atoms with E-state index >= 15 is 0 Å². The van der Waals surface area contributed by atoms with Gasteiger partial charge in [0.25, 0.3) is 0 Å². The van der Waals surface area contributed by atoms with Crippen LogP contribution in [0.2, 0.25) is 0 Å². The van der Waals surface area contributed by atoms with Crippen LogP contribution in [0.5, 0.6) is 0 Å². The molecule has 1 nitrogen and oxygen atoms in total. The fourth-order valence-corrected chi connectivity index (χ4v) is 1.03. The number of piperidine rings is 1. The van der Waals surface area contributed by atoms with Crippen LogP contribution in [0.3, 0.4) is 0 Å². The lowest BCUT2D eigenvalue weighted by Gasteiger charge is -2.17. The van der Waals surface area contributed by atoms with Crippen molar-refractivity contribution in [3.63, 3.8) is 0 Å². The number of rotatable bonds is 1. The second-order valence-corrected chi connectivity index (χ2v) is 2.25. The molecule has 0 spiro atoms. The zero-order valence-electron chi connectivity index (χ0n) is 5.24. The molecule has 1 N–H and O–H groups in total. The molecular formula is C7H13N+. The van der Waals surface area contributed by atoms with Crippen molar-refractivity contribution in [3.05, 3.63) is 12.8 Å². The van der Waals surface area contributed by atoms with E-state index in [1.54, 1.807) is 5.92 Å². The van der Waals surface area contributed by atoms with Crippen molar-refractivity contribution in [2.45, 2.75) is 19.3 Å². The van der Waals surface area contributed by atoms with Crippen LogP contribution in [0.1, 0.15) is 19.3 Å². The fraction of sp³-hybridized carbons (Fsp3) is 0.714. The standard InChI is InChI=1S/C7H13N/c1-2-7-3-5-8-6-4-7/h8H,1-6H2/q+1. The van der Waals surface area contributed by atoms with E-state index in [9.17, 15) is 0 Å². The van der Waals surface area contributed by atoms with Gasteiger partial charge in [0.05, 0.1) is 13.3 Å². The Bertz CT molecular complexity index is 55.4. The molecule has 8 heavy (non-hydrogen) atoms. The van der Waals surface area contributed by atoms with Crippen molar-refractivity contribution in [2.24, 2.45) is 0 Å². The average Bonchev–Trinajstić information content (AvgIpc) is 1.90. The molecule has 0 saturated carbocycles. The maximum atomic E-state index is 3.84. The Morgan fingerprint density at radius 1 is 1.38 bits per heavy atom. The molecule has 1 fully saturated rings. The SMILES string of the molecule is [CH2+]C[C]1CCNCC1. The second-order valence-electron chi connectivity index (χ2n) is 2.25. The number of nitrogens with one attached hydrogen (secondary N) is 1. The Balaban J connectivity index is 2.13. The minimum Gasteiger partial charge on any atom is -0.317 e. The van der Waals surface area contributed by atoms with Gasteiger partial charge >= 0.3 is 0 Å². The lowest BCUT2D eigenvalue weighted by atomic mass is 9.96. The van der Waals surface area contributed by atoms with Crippen molar-refractivity contribution >= 4 is 0 Å². The Kier molecular flexibility index (Phi) is 2.22. The normalized spacial score (nSPS) is 23.5. The van der Waals surface area contributed by atoms with E-state index in [4.69, 9.17) is 0 Å². The zero-order chi connectivity index (χ0) is 5.82. The van der Waals surface area contributed by atoms with Gasteiger partial charge < -0.3 is 5.32 Å². The highest BCUT2D eigenvalue weighted by Gasteiger charge is 2.12. The molecule has 1 aliphatic heterocycles. The summed E-state index contributed by atoms with van der Waals surface area (Å²) >= 11 is 0. The molecule has 0 unspecified atom stereocenters. The van der Waals surface area contributed by atoms with E-state index in [-0.39, 0.29) is 0 Å². The molecule has 0 bridgehead atoms. The van der Waals surface area contributed by atoms with Crippen LogP contribution in [0, 0.1) is 12.8 Å². The van der Waals surface area contributed by atoms with Crippen molar-refractivity contribution in [3.8, 4) is 0 Å². The van der Waals surface area contributed by atoms with Gasteiger partial charge in [-0.1, -0.05) is 0 Å². The molecule has 0 aliphatic carbocycles. The Hall–Kier alpha value is -0.170. The highest BCUT2D eigenvalue weighted by Crippen LogP contribution is 2.16. The molecule has 0 atom stereocenters. The van der Waals surface area contributed by atoms with Gasteiger partial charge in [-0.3, -0.25) is 0 Å². The first-order valence-corrected chi connectivity index (χ1v) is 3.27. The summed E-state index contributed by atoms with van der Waals surface area (Å²) in [5.41, 5.74) is 0. The predicted octanol–water partition coefficient (Wildman–Crippen LogP) is 1.17. The zero-order valence-corrected chi connectivity index (χ0v) is 5.24. The molecular weight excluding hydrogens is 98.1 g/mol. The number of hydrogen-bond acceptors (Lipinski definition) is 1. The molecule has 45 valence electrons. The first kappa shape index (κ1) is 5.96. The minimum absolute atomic E-state index is 1.04. The third-order valence-electron chi connectivity index (χ3n) is 1.66. The van der Waals surface area contributed by atoms with Gasteiger partial charge in [-0.05, 0) is 25.9 Å². The van der Waals surface area contributed by atoms with Gasteiger partial charge in [-0.25, -0.2) is 0 Å². The third kappa shape index (κ3) is 1.41. The second kappa shape index (κ2) is 2.98.